The topological polar surface area (TPSA) is 23.6 Å². The average Bonchev–Trinajstić information content (AvgIpc) is 3.05. The molecule has 1 aliphatic rings. The number of halogens is 3. The Balaban J connectivity index is 1.99. The first-order chi connectivity index (χ1) is 11.8. The van der Waals surface area contributed by atoms with E-state index < -0.39 is 11.7 Å². The molecule has 1 unspecified atom stereocenters. The van der Waals surface area contributed by atoms with Gasteiger partial charge in [-0.2, -0.15) is 13.2 Å². The highest BCUT2D eigenvalue weighted by Crippen LogP contribution is 2.29. The Morgan fingerprint density at radius 3 is 2.44 bits per heavy atom. The number of carbonyl (C=O) groups is 1. The monoisotopic (exact) mass is 354 g/mol. The van der Waals surface area contributed by atoms with Crippen LogP contribution in [0.3, 0.4) is 0 Å². The van der Waals surface area contributed by atoms with Crippen LogP contribution in [0, 0.1) is 0 Å². The molecule has 1 atom stereocenters. The summed E-state index contributed by atoms with van der Waals surface area (Å²) in [5.41, 5.74) is -0.101. The maximum Gasteiger partial charge on any atom is 0.416 e. The maximum absolute atomic E-state index is 12.6. The summed E-state index contributed by atoms with van der Waals surface area (Å²) in [4.78, 5) is 16.6. The fourth-order valence-corrected chi connectivity index (χ4v) is 3.14. The third-order valence-corrected chi connectivity index (χ3v) is 4.68. The first kappa shape index (κ1) is 19.5. The summed E-state index contributed by atoms with van der Waals surface area (Å²) in [5, 5.41) is 0. The Hall–Kier alpha value is -1.82. The second kappa shape index (κ2) is 8.52. The molecule has 0 spiro atoms. The summed E-state index contributed by atoms with van der Waals surface area (Å²) < 4.78 is 37.7. The van der Waals surface area contributed by atoms with Gasteiger partial charge in [-0.05, 0) is 49.7 Å². The number of likely N-dealkylation sites (tertiary alicyclic amines) is 1. The van der Waals surface area contributed by atoms with Crippen molar-refractivity contribution in [2.45, 2.75) is 38.9 Å². The van der Waals surface area contributed by atoms with Crippen molar-refractivity contribution in [1.29, 1.82) is 0 Å². The molecule has 6 heteroatoms. The van der Waals surface area contributed by atoms with Crippen molar-refractivity contribution < 1.29 is 18.0 Å². The standard InChI is InChI=1S/C19H25F3N2O/c1-3-23(4-2)14-17-6-5-13-24(17)18(25)12-9-15-7-10-16(11-8-15)19(20,21)22/h7-12,17H,3-6,13-14H2,1-2H3/b12-9+. The Bertz CT molecular complexity index is 592. The number of benzene rings is 1. The van der Waals surface area contributed by atoms with Crippen LogP contribution in [0.15, 0.2) is 30.3 Å². The van der Waals surface area contributed by atoms with E-state index in [1.165, 1.54) is 18.2 Å². The van der Waals surface area contributed by atoms with Gasteiger partial charge in [-0.25, -0.2) is 0 Å². The lowest BCUT2D eigenvalue weighted by Gasteiger charge is -2.29. The summed E-state index contributed by atoms with van der Waals surface area (Å²) in [6.07, 6.45) is 0.686. The number of hydrogen-bond donors (Lipinski definition) is 0. The molecule has 0 N–H and O–H groups in total. The van der Waals surface area contributed by atoms with Crippen LogP contribution in [-0.2, 0) is 11.0 Å². The van der Waals surface area contributed by atoms with Crippen molar-refractivity contribution in [3.8, 4) is 0 Å². The first-order valence-corrected chi connectivity index (χ1v) is 8.73. The van der Waals surface area contributed by atoms with E-state index >= 15 is 0 Å². The molecule has 1 aliphatic heterocycles. The quantitative estimate of drug-likeness (QED) is 0.720. The molecule has 1 aromatic carbocycles. The van der Waals surface area contributed by atoms with Gasteiger partial charge in [-0.1, -0.05) is 26.0 Å². The second-order valence-electron chi connectivity index (χ2n) is 6.27. The Kier molecular flexibility index (Phi) is 6.64. The highest BCUT2D eigenvalue weighted by Gasteiger charge is 2.30. The fraction of sp³-hybridized carbons (Fsp3) is 0.526. The molecule has 2 rings (SSSR count). The van der Waals surface area contributed by atoms with Crippen LogP contribution in [-0.4, -0.2) is 47.9 Å². The molecule has 1 heterocycles. The van der Waals surface area contributed by atoms with Gasteiger partial charge in [0.05, 0.1) is 5.56 Å². The van der Waals surface area contributed by atoms with Gasteiger partial charge < -0.3 is 9.80 Å². The number of amides is 1. The zero-order chi connectivity index (χ0) is 18.4. The molecule has 0 radical (unpaired) electrons. The zero-order valence-corrected chi connectivity index (χ0v) is 14.7. The summed E-state index contributed by atoms with van der Waals surface area (Å²) >= 11 is 0. The highest BCUT2D eigenvalue weighted by molar-refractivity contribution is 5.92. The van der Waals surface area contributed by atoms with Crippen molar-refractivity contribution in [3.63, 3.8) is 0 Å². The Morgan fingerprint density at radius 1 is 1.24 bits per heavy atom. The first-order valence-electron chi connectivity index (χ1n) is 8.73. The van der Waals surface area contributed by atoms with Crippen molar-refractivity contribution >= 4 is 12.0 Å². The van der Waals surface area contributed by atoms with Gasteiger partial charge in [0.2, 0.25) is 5.91 Å². The van der Waals surface area contributed by atoms with Gasteiger partial charge in [-0.15, -0.1) is 0 Å². The van der Waals surface area contributed by atoms with E-state index in [1.54, 1.807) is 6.08 Å². The number of alkyl halides is 3. The van der Waals surface area contributed by atoms with Crippen molar-refractivity contribution in [1.82, 2.24) is 9.80 Å². The van der Waals surface area contributed by atoms with Gasteiger partial charge in [0, 0.05) is 25.2 Å². The predicted octanol–water partition coefficient (Wildman–Crippen LogP) is 4.05. The number of carbonyl (C=O) groups excluding carboxylic acids is 1. The molecule has 3 nitrogen and oxygen atoms in total. The van der Waals surface area contributed by atoms with Crippen molar-refractivity contribution in [3.05, 3.63) is 41.5 Å². The minimum absolute atomic E-state index is 0.0745. The normalized spacial score (nSPS) is 18.5. The number of hydrogen-bond acceptors (Lipinski definition) is 2. The molecule has 1 aromatic rings. The fourth-order valence-electron chi connectivity index (χ4n) is 3.14. The van der Waals surface area contributed by atoms with E-state index in [4.69, 9.17) is 0 Å². The van der Waals surface area contributed by atoms with Crippen molar-refractivity contribution in [2.24, 2.45) is 0 Å². The van der Waals surface area contributed by atoms with Crippen LogP contribution >= 0.6 is 0 Å². The van der Waals surface area contributed by atoms with Gasteiger partial charge in [0.15, 0.2) is 0 Å². The second-order valence-corrected chi connectivity index (χ2v) is 6.27. The summed E-state index contributed by atoms with van der Waals surface area (Å²) in [6.45, 7) is 7.73. The lowest BCUT2D eigenvalue weighted by atomic mass is 10.1. The molecular formula is C19H25F3N2O. The molecular weight excluding hydrogens is 329 g/mol. The Morgan fingerprint density at radius 2 is 1.88 bits per heavy atom. The minimum atomic E-state index is -4.34. The lowest BCUT2D eigenvalue weighted by Crippen LogP contribution is -2.42. The summed E-state index contributed by atoms with van der Waals surface area (Å²) in [7, 11) is 0. The van der Waals surface area contributed by atoms with Crippen LogP contribution in [0.5, 0.6) is 0 Å². The van der Waals surface area contributed by atoms with Crippen LogP contribution in [0.25, 0.3) is 6.08 Å². The molecule has 25 heavy (non-hydrogen) atoms. The minimum Gasteiger partial charge on any atom is -0.335 e. The van der Waals surface area contributed by atoms with Crippen molar-refractivity contribution in [2.75, 3.05) is 26.2 Å². The van der Waals surface area contributed by atoms with E-state index in [0.717, 1.165) is 51.2 Å². The molecule has 1 fully saturated rings. The van der Waals surface area contributed by atoms with Gasteiger partial charge >= 0.3 is 6.18 Å². The maximum atomic E-state index is 12.6. The molecule has 1 saturated heterocycles. The number of rotatable bonds is 6. The van der Waals surface area contributed by atoms with Gasteiger partial charge in [-0.3, -0.25) is 4.79 Å². The van der Waals surface area contributed by atoms with Gasteiger partial charge in [0.1, 0.15) is 0 Å². The summed E-state index contributed by atoms with van der Waals surface area (Å²) in [6, 6.07) is 5.03. The van der Waals surface area contributed by atoms with E-state index in [-0.39, 0.29) is 11.9 Å². The average molecular weight is 354 g/mol. The number of nitrogens with zero attached hydrogens (tertiary/aromatic N) is 2. The highest BCUT2D eigenvalue weighted by atomic mass is 19.4. The zero-order valence-electron chi connectivity index (χ0n) is 14.7. The third-order valence-electron chi connectivity index (χ3n) is 4.68. The third kappa shape index (κ3) is 5.33. The van der Waals surface area contributed by atoms with E-state index in [0.29, 0.717) is 5.56 Å². The van der Waals surface area contributed by atoms with Crippen LogP contribution in [0.1, 0.15) is 37.8 Å². The van der Waals surface area contributed by atoms with E-state index in [9.17, 15) is 18.0 Å². The van der Waals surface area contributed by atoms with E-state index in [1.807, 2.05) is 4.90 Å². The molecule has 1 amide bonds. The predicted molar refractivity (Wildman–Crippen MR) is 93.0 cm³/mol. The smallest absolute Gasteiger partial charge is 0.335 e. The number of likely N-dealkylation sites (N-methyl/N-ethyl adjacent to an activating group) is 1. The van der Waals surface area contributed by atoms with E-state index in [2.05, 4.69) is 18.7 Å². The molecule has 0 bridgehead atoms. The molecule has 0 saturated carbocycles. The molecule has 138 valence electrons. The molecule has 0 aliphatic carbocycles. The largest absolute Gasteiger partial charge is 0.416 e. The van der Waals surface area contributed by atoms with Crippen LogP contribution in [0.2, 0.25) is 0 Å². The van der Waals surface area contributed by atoms with Crippen LogP contribution < -0.4 is 0 Å². The molecule has 0 aromatic heterocycles. The van der Waals surface area contributed by atoms with Gasteiger partial charge in [0.25, 0.3) is 0 Å². The SMILES string of the molecule is CCN(CC)CC1CCCN1C(=O)/C=C/c1ccc(C(F)(F)F)cc1. The lowest BCUT2D eigenvalue weighted by molar-refractivity contribution is -0.137. The summed E-state index contributed by atoms with van der Waals surface area (Å²) in [5.74, 6) is -0.0745. The van der Waals surface area contributed by atoms with Crippen LogP contribution in [0.4, 0.5) is 13.2 Å². The Labute approximate surface area is 147 Å².